The van der Waals surface area contributed by atoms with Gasteiger partial charge in [-0.05, 0) is 13.0 Å². The van der Waals surface area contributed by atoms with Gasteiger partial charge in [0.05, 0.1) is 0 Å². The maximum atomic E-state index is 4.82. The van der Waals surface area contributed by atoms with Crippen LogP contribution in [0.5, 0.6) is 0 Å². The molecule has 12 heavy (non-hydrogen) atoms. The minimum atomic E-state index is 0.682. The number of nitrogens with zero attached hydrogens (tertiary/aromatic N) is 2. The van der Waals surface area contributed by atoms with Crippen LogP contribution in [-0.2, 0) is 6.42 Å². The van der Waals surface area contributed by atoms with E-state index in [2.05, 4.69) is 22.0 Å². The third kappa shape index (κ3) is 3.30. The van der Waals surface area contributed by atoms with E-state index >= 15 is 0 Å². The Hall–Kier alpha value is -1.16. The summed E-state index contributed by atoms with van der Waals surface area (Å²) in [5.74, 6) is 0.682. The Morgan fingerprint density at radius 1 is 1.58 bits per heavy atom. The molecule has 0 radical (unpaired) electrons. The fraction of sp³-hybridized carbons (Fsp3) is 0.500. The van der Waals surface area contributed by atoms with Crippen LogP contribution in [0.2, 0.25) is 0 Å². The first-order chi connectivity index (χ1) is 5.93. The summed E-state index contributed by atoms with van der Waals surface area (Å²) < 4.78 is 4.82. The highest BCUT2D eigenvalue weighted by atomic mass is 16.5. The molecule has 1 rings (SSSR count). The van der Waals surface area contributed by atoms with Gasteiger partial charge in [0.15, 0.2) is 6.33 Å². The molecule has 66 valence electrons. The zero-order valence-electron chi connectivity index (χ0n) is 6.99. The lowest BCUT2D eigenvalue weighted by Crippen LogP contribution is -2.18. The number of rotatable bonds is 6. The maximum absolute atomic E-state index is 4.82. The van der Waals surface area contributed by atoms with E-state index < -0.39 is 0 Å². The van der Waals surface area contributed by atoms with Crippen LogP contribution in [-0.4, -0.2) is 23.2 Å². The predicted molar refractivity (Wildman–Crippen MR) is 45.7 cm³/mol. The van der Waals surface area contributed by atoms with Crippen molar-refractivity contribution in [2.75, 3.05) is 13.1 Å². The van der Waals surface area contributed by atoms with Crippen LogP contribution < -0.4 is 5.32 Å². The molecule has 0 aliphatic rings. The lowest BCUT2D eigenvalue weighted by atomic mass is 10.4. The van der Waals surface area contributed by atoms with Gasteiger partial charge in [-0.1, -0.05) is 11.2 Å². The third-order valence-electron chi connectivity index (χ3n) is 1.45. The molecule has 0 saturated heterocycles. The van der Waals surface area contributed by atoms with Crippen molar-refractivity contribution < 1.29 is 4.52 Å². The molecule has 1 heterocycles. The summed E-state index contributed by atoms with van der Waals surface area (Å²) in [4.78, 5) is 3.90. The van der Waals surface area contributed by atoms with E-state index in [9.17, 15) is 0 Å². The fourth-order valence-electron chi connectivity index (χ4n) is 0.831. The van der Waals surface area contributed by atoms with Crippen LogP contribution in [0.3, 0.4) is 0 Å². The van der Waals surface area contributed by atoms with Crippen molar-refractivity contribution in [3.63, 3.8) is 0 Å². The van der Waals surface area contributed by atoms with Crippen molar-refractivity contribution in [2.45, 2.75) is 12.8 Å². The first-order valence-electron chi connectivity index (χ1n) is 4.00. The Morgan fingerprint density at radius 2 is 2.50 bits per heavy atom. The first-order valence-corrected chi connectivity index (χ1v) is 4.00. The second-order valence-corrected chi connectivity index (χ2v) is 2.41. The SMILES string of the molecule is C=CCCNCCc1ncno1. The van der Waals surface area contributed by atoms with Crippen LogP contribution >= 0.6 is 0 Å². The number of hydrogen-bond acceptors (Lipinski definition) is 4. The molecule has 1 N–H and O–H groups in total. The van der Waals surface area contributed by atoms with Gasteiger partial charge in [-0.3, -0.25) is 0 Å². The number of hydrogen-bond donors (Lipinski definition) is 1. The highest BCUT2D eigenvalue weighted by Crippen LogP contribution is 1.90. The topological polar surface area (TPSA) is 51.0 Å². The molecule has 4 heteroatoms. The van der Waals surface area contributed by atoms with Crippen molar-refractivity contribution in [3.05, 3.63) is 24.9 Å². The highest BCUT2D eigenvalue weighted by molar-refractivity contribution is 4.75. The van der Waals surface area contributed by atoms with Gasteiger partial charge >= 0.3 is 0 Å². The summed E-state index contributed by atoms with van der Waals surface area (Å²) in [5.41, 5.74) is 0. The van der Waals surface area contributed by atoms with E-state index in [1.807, 2.05) is 6.08 Å². The molecule has 0 unspecified atom stereocenters. The summed E-state index contributed by atoms with van der Waals surface area (Å²) in [5, 5.41) is 6.73. The van der Waals surface area contributed by atoms with E-state index in [0.29, 0.717) is 5.89 Å². The van der Waals surface area contributed by atoms with E-state index in [0.717, 1.165) is 25.9 Å². The fourth-order valence-corrected chi connectivity index (χ4v) is 0.831. The van der Waals surface area contributed by atoms with E-state index in [4.69, 9.17) is 4.52 Å². The Balaban J connectivity index is 2.00. The Bertz CT molecular complexity index is 208. The van der Waals surface area contributed by atoms with Gasteiger partial charge < -0.3 is 9.84 Å². The van der Waals surface area contributed by atoms with Crippen molar-refractivity contribution >= 4 is 0 Å². The Kier molecular flexibility index (Phi) is 4.08. The van der Waals surface area contributed by atoms with Crippen LogP contribution in [0, 0.1) is 0 Å². The van der Waals surface area contributed by atoms with Gasteiger partial charge in [-0.15, -0.1) is 6.58 Å². The molecule has 4 nitrogen and oxygen atoms in total. The average Bonchev–Trinajstić information content (AvgIpc) is 2.57. The summed E-state index contributed by atoms with van der Waals surface area (Å²) in [7, 11) is 0. The molecule has 1 aromatic heterocycles. The van der Waals surface area contributed by atoms with Crippen LogP contribution in [0.1, 0.15) is 12.3 Å². The van der Waals surface area contributed by atoms with Gasteiger partial charge in [0.25, 0.3) is 0 Å². The van der Waals surface area contributed by atoms with Crippen LogP contribution in [0.4, 0.5) is 0 Å². The standard InChI is InChI=1S/C8H13N3O/c1-2-3-5-9-6-4-8-10-7-11-12-8/h2,7,9H,1,3-6H2. The molecule has 0 bridgehead atoms. The minimum Gasteiger partial charge on any atom is -0.340 e. The molecule has 0 aliphatic carbocycles. The van der Waals surface area contributed by atoms with Crippen molar-refractivity contribution in [1.82, 2.24) is 15.5 Å². The largest absolute Gasteiger partial charge is 0.340 e. The quantitative estimate of drug-likeness (QED) is 0.502. The molecule has 1 aromatic rings. The van der Waals surface area contributed by atoms with Gasteiger partial charge in [0, 0.05) is 13.0 Å². The van der Waals surface area contributed by atoms with Crippen molar-refractivity contribution in [3.8, 4) is 0 Å². The van der Waals surface area contributed by atoms with Crippen LogP contribution in [0.25, 0.3) is 0 Å². The number of aromatic nitrogens is 2. The second-order valence-electron chi connectivity index (χ2n) is 2.41. The minimum absolute atomic E-state index is 0.682. The normalized spacial score (nSPS) is 10.0. The van der Waals surface area contributed by atoms with Gasteiger partial charge in [0.2, 0.25) is 5.89 Å². The monoisotopic (exact) mass is 167 g/mol. The molecule has 0 amide bonds. The lowest BCUT2D eigenvalue weighted by Gasteiger charge is -1.98. The molecule has 0 aromatic carbocycles. The molecule has 0 atom stereocenters. The second kappa shape index (κ2) is 5.49. The van der Waals surface area contributed by atoms with Crippen molar-refractivity contribution in [1.29, 1.82) is 0 Å². The zero-order chi connectivity index (χ0) is 8.65. The average molecular weight is 167 g/mol. The van der Waals surface area contributed by atoms with E-state index in [1.165, 1.54) is 6.33 Å². The summed E-state index contributed by atoms with van der Waals surface area (Å²) in [6.45, 7) is 5.45. The van der Waals surface area contributed by atoms with Gasteiger partial charge in [-0.25, -0.2) is 0 Å². The predicted octanol–water partition coefficient (Wildman–Crippen LogP) is 0.778. The third-order valence-corrected chi connectivity index (χ3v) is 1.45. The lowest BCUT2D eigenvalue weighted by molar-refractivity contribution is 0.375. The molecule has 0 spiro atoms. The van der Waals surface area contributed by atoms with Gasteiger partial charge in [-0.2, -0.15) is 4.98 Å². The molecule has 0 saturated carbocycles. The van der Waals surface area contributed by atoms with E-state index in [1.54, 1.807) is 0 Å². The molecule has 0 aliphatic heterocycles. The van der Waals surface area contributed by atoms with E-state index in [-0.39, 0.29) is 0 Å². The molecule has 0 fully saturated rings. The number of nitrogens with one attached hydrogen (secondary N) is 1. The van der Waals surface area contributed by atoms with Crippen molar-refractivity contribution in [2.24, 2.45) is 0 Å². The Labute approximate surface area is 71.7 Å². The Morgan fingerprint density at radius 3 is 3.17 bits per heavy atom. The summed E-state index contributed by atoms with van der Waals surface area (Å²) in [6, 6.07) is 0. The highest BCUT2D eigenvalue weighted by Gasteiger charge is 1.96. The summed E-state index contributed by atoms with van der Waals surface area (Å²) >= 11 is 0. The zero-order valence-corrected chi connectivity index (χ0v) is 6.99. The van der Waals surface area contributed by atoms with Crippen LogP contribution in [0.15, 0.2) is 23.5 Å². The smallest absolute Gasteiger partial charge is 0.227 e. The molecular formula is C8H13N3O. The van der Waals surface area contributed by atoms with Gasteiger partial charge in [0.1, 0.15) is 0 Å². The first kappa shape index (κ1) is 8.93. The summed E-state index contributed by atoms with van der Waals surface area (Å²) in [6.07, 6.45) is 5.08. The molecular weight excluding hydrogens is 154 g/mol. The maximum Gasteiger partial charge on any atom is 0.227 e.